The Kier molecular flexibility index (Phi) is 3.56. The number of rotatable bonds is 3. The summed E-state index contributed by atoms with van der Waals surface area (Å²) in [7, 11) is 0. The van der Waals surface area contributed by atoms with Gasteiger partial charge in [-0.1, -0.05) is 18.2 Å². The molecule has 2 amide bonds. The second-order valence-electron chi connectivity index (χ2n) is 5.27. The first-order chi connectivity index (χ1) is 10.1. The molecule has 5 heteroatoms. The van der Waals surface area contributed by atoms with Gasteiger partial charge in [-0.05, 0) is 42.7 Å². The van der Waals surface area contributed by atoms with Gasteiger partial charge in [0.1, 0.15) is 11.6 Å². The van der Waals surface area contributed by atoms with E-state index in [0.29, 0.717) is 5.82 Å². The molecule has 2 atom stereocenters. The van der Waals surface area contributed by atoms with Crippen LogP contribution in [0.15, 0.2) is 42.6 Å². The third kappa shape index (κ3) is 3.18. The van der Waals surface area contributed by atoms with Crippen LogP contribution in [0.3, 0.4) is 0 Å². The molecule has 108 valence electrons. The van der Waals surface area contributed by atoms with Crippen molar-refractivity contribution in [3.8, 4) is 0 Å². The van der Waals surface area contributed by atoms with Crippen molar-refractivity contribution < 1.29 is 9.18 Å². The topological polar surface area (TPSA) is 54.0 Å². The highest BCUT2D eigenvalue weighted by molar-refractivity contribution is 5.89. The molecule has 0 unspecified atom stereocenters. The van der Waals surface area contributed by atoms with E-state index in [-0.39, 0.29) is 23.8 Å². The van der Waals surface area contributed by atoms with E-state index in [4.69, 9.17) is 0 Å². The molecule has 21 heavy (non-hydrogen) atoms. The second-order valence-corrected chi connectivity index (χ2v) is 5.27. The van der Waals surface area contributed by atoms with Crippen molar-refractivity contribution in [1.82, 2.24) is 10.3 Å². The fourth-order valence-corrected chi connectivity index (χ4v) is 2.39. The number of pyridine rings is 1. The molecular weight excluding hydrogens is 269 g/mol. The van der Waals surface area contributed by atoms with Crippen molar-refractivity contribution in [2.75, 3.05) is 5.32 Å². The lowest BCUT2D eigenvalue weighted by Crippen LogP contribution is -2.31. The van der Waals surface area contributed by atoms with Gasteiger partial charge < -0.3 is 5.32 Å². The number of carbonyl (C=O) groups is 1. The number of amides is 2. The van der Waals surface area contributed by atoms with Crippen molar-refractivity contribution in [2.45, 2.75) is 25.3 Å². The van der Waals surface area contributed by atoms with Crippen molar-refractivity contribution in [3.63, 3.8) is 0 Å². The maximum absolute atomic E-state index is 13.2. The molecule has 3 rings (SSSR count). The Hall–Kier alpha value is -2.43. The Balaban J connectivity index is 1.57. The van der Waals surface area contributed by atoms with Crippen LogP contribution in [0.25, 0.3) is 0 Å². The molecule has 0 saturated heterocycles. The minimum absolute atomic E-state index is 0.0517. The Morgan fingerprint density at radius 3 is 2.95 bits per heavy atom. The molecule has 2 N–H and O–H groups in total. The fraction of sp³-hybridized carbons (Fsp3) is 0.250. The van der Waals surface area contributed by atoms with Crippen molar-refractivity contribution in [2.24, 2.45) is 0 Å². The van der Waals surface area contributed by atoms with Crippen LogP contribution in [-0.4, -0.2) is 17.1 Å². The van der Waals surface area contributed by atoms with E-state index in [1.807, 2.05) is 25.1 Å². The lowest BCUT2D eigenvalue weighted by molar-refractivity contribution is 0.251. The predicted octanol–water partition coefficient (Wildman–Crippen LogP) is 3.21. The highest BCUT2D eigenvalue weighted by Crippen LogP contribution is 2.40. The molecule has 1 saturated carbocycles. The predicted molar refractivity (Wildman–Crippen MR) is 78.7 cm³/mol. The quantitative estimate of drug-likeness (QED) is 0.910. The summed E-state index contributed by atoms with van der Waals surface area (Å²) in [6, 6.07) is 10.00. The summed E-state index contributed by atoms with van der Waals surface area (Å²) < 4.78 is 13.2. The van der Waals surface area contributed by atoms with E-state index in [9.17, 15) is 9.18 Å². The number of aryl methyl sites for hydroxylation is 1. The monoisotopic (exact) mass is 285 g/mol. The largest absolute Gasteiger partial charge is 0.334 e. The molecule has 1 heterocycles. The van der Waals surface area contributed by atoms with E-state index in [2.05, 4.69) is 15.6 Å². The number of carbonyl (C=O) groups excluding carboxylic acids is 1. The summed E-state index contributed by atoms with van der Waals surface area (Å²) in [5, 5.41) is 5.61. The molecule has 2 aromatic rings. The number of anilines is 1. The smallest absolute Gasteiger partial charge is 0.320 e. The van der Waals surface area contributed by atoms with E-state index >= 15 is 0 Å². The SMILES string of the molecule is Cc1cccnc1NC(=O)N[C@@H]1C[C@H]1c1cccc(F)c1. The Morgan fingerprint density at radius 2 is 2.19 bits per heavy atom. The van der Waals surface area contributed by atoms with Gasteiger partial charge in [0.2, 0.25) is 0 Å². The van der Waals surface area contributed by atoms with Gasteiger partial charge >= 0.3 is 6.03 Å². The average Bonchev–Trinajstić information content (AvgIpc) is 3.20. The summed E-state index contributed by atoms with van der Waals surface area (Å²) in [6.45, 7) is 1.88. The lowest BCUT2D eigenvalue weighted by Gasteiger charge is -2.08. The molecule has 0 spiro atoms. The number of halogens is 1. The fourth-order valence-electron chi connectivity index (χ4n) is 2.39. The molecule has 0 radical (unpaired) electrons. The van der Waals surface area contributed by atoms with Crippen LogP contribution in [0.4, 0.5) is 15.0 Å². The first-order valence-corrected chi connectivity index (χ1v) is 6.88. The van der Waals surface area contributed by atoms with Gasteiger partial charge in [0, 0.05) is 18.2 Å². The molecular formula is C16H16FN3O. The third-order valence-electron chi connectivity index (χ3n) is 3.63. The molecule has 1 aliphatic rings. The zero-order valence-electron chi connectivity index (χ0n) is 11.6. The zero-order valence-corrected chi connectivity index (χ0v) is 11.6. The molecule has 0 bridgehead atoms. The molecule has 1 aromatic heterocycles. The Labute approximate surface area is 122 Å². The highest BCUT2D eigenvalue weighted by Gasteiger charge is 2.39. The maximum Gasteiger partial charge on any atom is 0.320 e. The maximum atomic E-state index is 13.2. The van der Waals surface area contributed by atoms with Crippen molar-refractivity contribution in [3.05, 3.63) is 59.5 Å². The first kappa shape index (κ1) is 13.5. The summed E-state index contributed by atoms with van der Waals surface area (Å²) in [4.78, 5) is 16.0. The molecule has 4 nitrogen and oxygen atoms in total. The summed E-state index contributed by atoms with van der Waals surface area (Å²) in [5.74, 6) is 0.501. The van der Waals surface area contributed by atoms with Crippen LogP contribution < -0.4 is 10.6 Å². The molecule has 1 aliphatic carbocycles. The molecule has 1 fully saturated rings. The number of nitrogens with one attached hydrogen (secondary N) is 2. The van der Waals surface area contributed by atoms with E-state index < -0.39 is 0 Å². The number of nitrogens with zero attached hydrogens (tertiary/aromatic N) is 1. The molecule has 1 aromatic carbocycles. The van der Waals surface area contributed by atoms with Crippen LogP contribution in [-0.2, 0) is 0 Å². The number of hydrogen-bond acceptors (Lipinski definition) is 2. The molecule has 0 aliphatic heterocycles. The van der Waals surface area contributed by atoms with Gasteiger partial charge in [0.15, 0.2) is 0 Å². The van der Waals surface area contributed by atoms with E-state index in [1.54, 1.807) is 12.3 Å². The van der Waals surface area contributed by atoms with Crippen molar-refractivity contribution >= 4 is 11.8 Å². The highest BCUT2D eigenvalue weighted by atomic mass is 19.1. The Bertz CT molecular complexity index is 674. The van der Waals surface area contributed by atoms with Crippen LogP contribution in [0.1, 0.15) is 23.5 Å². The first-order valence-electron chi connectivity index (χ1n) is 6.88. The van der Waals surface area contributed by atoms with Gasteiger partial charge in [0.25, 0.3) is 0 Å². The van der Waals surface area contributed by atoms with Gasteiger partial charge in [-0.3, -0.25) is 5.32 Å². The van der Waals surface area contributed by atoms with Crippen LogP contribution in [0.2, 0.25) is 0 Å². The summed E-state index contributed by atoms with van der Waals surface area (Å²) in [5.41, 5.74) is 1.83. The zero-order chi connectivity index (χ0) is 14.8. The average molecular weight is 285 g/mol. The Morgan fingerprint density at radius 1 is 1.33 bits per heavy atom. The normalized spacial score (nSPS) is 19.9. The standard InChI is InChI=1S/C16H16FN3O/c1-10-4-3-7-18-15(10)20-16(21)19-14-9-13(14)11-5-2-6-12(17)8-11/h2-8,13-14H,9H2,1H3,(H2,18,19,20,21)/t13-,14+/m0/s1. The summed E-state index contributed by atoms with van der Waals surface area (Å²) in [6.07, 6.45) is 2.47. The van der Waals surface area contributed by atoms with Crippen LogP contribution in [0, 0.1) is 12.7 Å². The summed E-state index contributed by atoms with van der Waals surface area (Å²) >= 11 is 0. The lowest BCUT2D eigenvalue weighted by atomic mass is 10.1. The van der Waals surface area contributed by atoms with Gasteiger partial charge in [-0.25, -0.2) is 14.2 Å². The minimum atomic E-state index is -0.277. The number of aromatic nitrogens is 1. The van der Waals surface area contributed by atoms with Crippen molar-refractivity contribution in [1.29, 1.82) is 0 Å². The van der Waals surface area contributed by atoms with Gasteiger partial charge in [-0.2, -0.15) is 0 Å². The van der Waals surface area contributed by atoms with Gasteiger partial charge in [-0.15, -0.1) is 0 Å². The van der Waals surface area contributed by atoms with Crippen LogP contribution >= 0.6 is 0 Å². The third-order valence-corrected chi connectivity index (χ3v) is 3.63. The number of hydrogen-bond donors (Lipinski definition) is 2. The minimum Gasteiger partial charge on any atom is -0.334 e. The van der Waals surface area contributed by atoms with Gasteiger partial charge in [0.05, 0.1) is 0 Å². The van der Waals surface area contributed by atoms with Crippen LogP contribution in [0.5, 0.6) is 0 Å². The number of benzene rings is 1. The second kappa shape index (κ2) is 5.52. The number of urea groups is 1. The van der Waals surface area contributed by atoms with E-state index in [1.165, 1.54) is 12.1 Å². The van der Waals surface area contributed by atoms with E-state index in [0.717, 1.165) is 17.5 Å².